The smallest absolute Gasteiger partial charge is 0.398 e. The van der Waals surface area contributed by atoms with Crippen molar-refractivity contribution in [3.63, 3.8) is 0 Å². The van der Waals surface area contributed by atoms with Gasteiger partial charge in [0.1, 0.15) is 0 Å². The molecule has 0 aliphatic carbocycles. The van der Waals surface area contributed by atoms with Crippen molar-refractivity contribution in [2.45, 2.75) is 6.18 Å². The zero-order valence-electron chi connectivity index (χ0n) is 9.41. The van der Waals surface area contributed by atoms with Gasteiger partial charge in [0, 0.05) is 18.4 Å². The molecule has 1 aromatic carbocycles. The van der Waals surface area contributed by atoms with Gasteiger partial charge in [0.25, 0.3) is 0 Å². The molecule has 0 radical (unpaired) electrons. The first-order valence-corrected chi connectivity index (χ1v) is 5.32. The Balaban J connectivity index is 2.48. The van der Waals surface area contributed by atoms with E-state index in [1.165, 1.54) is 12.3 Å². The Morgan fingerprint density at radius 3 is 2.72 bits per heavy atom. The lowest BCUT2D eigenvalue weighted by Crippen LogP contribution is -2.30. The molecule has 0 saturated heterocycles. The summed E-state index contributed by atoms with van der Waals surface area (Å²) in [5.74, 6) is 0. The van der Waals surface area contributed by atoms with Crippen molar-refractivity contribution in [3.05, 3.63) is 17.7 Å². The van der Waals surface area contributed by atoms with Crippen molar-refractivity contribution >= 4 is 23.3 Å². The number of hydrogen-bond donors (Lipinski definition) is 2. The third-order valence-corrected chi connectivity index (χ3v) is 2.70. The molecule has 0 fully saturated rings. The summed E-state index contributed by atoms with van der Waals surface area (Å²) >= 11 is 0. The number of benzene rings is 1. The maximum atomic E-state index is 12.7. The topological polar surface area (TPSA) is 61.8 Å². The van der Waals surface area contributed by atoms with Gasteiger partial charge in [0.05, 0.1) is 30.1 Å². The molecule has 0 atom stereocenters. The highest BCUT2D eigenvalue weighted by molar-refractivity contribution is 5.84. The second-order valence-corrected chi connectivity index (χ2v) is 3.91. The lowest BCUT2D eigenvalue weighted by atomic mass is 10.1. The van der Waals surface area contributed by atoms with Crippen LogP contribution in [0.3, 0.4) is 0 Å². The number of nitrogens with two attached hydrogens (primary N) is 1. The van der Waals surface area contributed by atoms with E-state index in [1.54, 1.807) is 4.90 Å². The number of aliphatic imine (C=N–C) groups is 1. The quantitative estimate of drug-likeness (QED) is 0.796. The fourth-order valence-electron chi connectivity index (χ4n) is 1.86. The maximum Gasteiger partial charge on any atom is 0.418 e. The molecule has 1 aliphatic rings. The van der Waals surface area contributed by atoms with E-state index >= 15 is 0 Å². The third-order valence-electron chi connectivity index (χ3n) is 2.70. The predicted molar refractivity (Wildman–Crippen MR) is 63.3 cm³/mol. The summed E-state index contributed by atoms with van der Waals surface area (Å²) in [6, 6.07) is 2.19. The Morgan fingerprint density at radius 2 is 2.11 bits per heavy atom. The molecule has 0 saturated carbocycles. The highest BCUT2D eigenvalue weighted by Crippen LogP contribution is 2.41. The summed E-state index contributed by atoms with van der Waals surface area (Å²) in [5, 5.41) is 8.90. The summed E-state index contributed by atoms with van der Waals surface area (Å²) in [5.41, 5.74) is 4.94. The van der Waals surface area contributed by atoms with Crippen LogP contribution < -0.4 is 10.6 Å². The van der Waals surface area contributed by atoms with Gasteiger partial charge in [-0.05, 0) is 12.1 Å². The Hall–Kier alpha value is -1.76. The Labute approximate surface area is 102 Å². The molecular weight excluding hydrogens is 247 g/mol. The number of anilines is 2. The second-order valence-electron chi connectivity index (χ2n) is 3.91. The molecule has 1 aromatic rings. The number of nitrogens with zero attached hydrogens (tertiary/aromatic N) is 2. The number of halogens is 3. The number of aliphatic hydroxyl groups excluding tert-OH is 1. The van der Waals surface area contributed by atoms with Gasteiger partial charge < -0.3 is 15.7 Å². The number of alkyl halides is 3. The van der Waals surface area contributed by atoms with E-state index in [-0.39, 0.29) is 18.0 Å². The number of nitrogen functional groups attached to an aromatic ring is 1. The van der Waals surface area contributed by atoms with E-state index in [0.29, 0.717) is 18.8 Å². The Kier molecular flexibility index (Phi) is 3.16. The molecule has 1 aliphatic heterocycles. The van der Waals surface area contributed by atoms with Crippen molar-refractivity contribution in [2.75, 3.05) is 30.3 Å². The summed E-state index contributed by atoms with van der Waals surface area (Å²) in [7, 11) is 0. The van der Waals surface area contributed by atoms with Gasteiger partial charge in [0.15, 0.2) is 0 Å². The molecule has 0 unspecified atom stereocenters. The van der Waals surface area contributed by atoms with Gasteiger partial charge >= 0.3 is 6.18 Å². The molecule has 4 nitrogen and oxygen atoms in total. The molecule has 98 valence electrons. The zero-order valence-corrected chi connectivity index (χ0v) is 9.41. The molecular formula is C11H12F3N3O. The molecule has 1 heterocycles. The van der Waals surface area contributed by atoms with Crippen molar-refractivity contribution < 1.29 is 18.3 Å². The van der Waals surface area contributed by atoms with Gasteiger partial charge in [0.2, 0.25) is 0 Å². The first-order valence-electron chi connectivity index (χ1n) is 5.32. The van der Waals surface area contributed by atoms with E-state index in [1.807, 2.05) is 0 Å². The van der Waals surface area contributed by atoms with E-state index < -0.39 is 11.7 Å². The monoisotopic (exact) mass is 259 g/mol. The SMILES string of the molecule is Nc1cc2c(cc1C(F)(F)F)N=CCN2CCO. The van der Waals surface area contributed by atoms with Gasteiger partial charge in [-0.2, -0.15) is 13.2 Å². The van der Waals surface area contributed by atoms with Crippen LogP contribution in [0.4, 0.5) is 30.2 Å². The van der Waals surface area contributed by atoms with Gasteiger partial charge in [-0.25, -0.2) is 0 Å². The average Bonchev–Trinajstić information content (AvgIpc) is 2.28. The fraction of sp³-hybridized carbons (Fsp3) is 0.364. The first-order chi connectivity index (χ1) is 8.43. The highest BCUT2D eigenvalue weighted by atomic mass is 19.4. The Morgan fingerprint density at radius 1 is 1.39 bits per heavy atom. The molecule has 3 N–H and O–H groups in total. The van der Waals surface area contributed by atoms with Crippen molar-refractivity contribution in [2.24, 2.45) is 4.99 Å². The Bertz CT molecular complexity index is 485. The van der Waals surface area contributed by atoms with E-state index in [2.05, 4.69) is 4.99 Å². The average molecular weight is 259 g/mol. The number of rotatable bonds is 2. The minimum atomic E-state index is -4.49. The predicted octanol–water partition coefficient (Wildman–Crippen LogP) is 1.80. The number of hydrogen-bond acceptors (Lipinski definition) is 4. The molecule has 7 heteroatoms. The first kappa shape index (κ1) is 12.7. The molecule has 0 bridgehead atoms. The van der Waals surface area contributed by atoms with Gasteiger partial charge in [-0.3, -0.25) is 4.99 Å². The largest absolute Gasteiger partial charge is 0.418 e. The normalized spacial score (nSPS) is 14.8. The van der Waals surface area contributed by atoms with E-state index in [4.69, 9.17) is 10.8 Å². The summed E-state index contributed by atoms with van der Waals surface area (Å²) in [6.45, 7) is 0.677. The van der Waals surface area contributed by atoms with Crippen molar-refractivity contribution in [1.29, 1.82) is 0 Å². The molecule has 18 heavy (non-hydrogen) atoms. The summed E-state index contributed by atoms with van der Waals surface area (Å²) < 4.78 is 38.0. The van der Waals surface area contributed by atoms with Crippen LogP contribution in [0, 0.1) is 0 Å². The van der Waals surface area contributed by atoms with Crippen LogP contribution in [0.1, 0.15) is 5.56 Å². The fourth-order valence-corrected chi connectivity index (χ4v) is 1.86. The highest BCUT2D eigenvalue weighted by Gasteiger charge is 2.34. The minimum Gasteiger partial charge on any atom is -0.398 e. The second kappa shape index (κ2) is 4.49. The molecule has 0 amide bonds. The van der Waals surface area contributed by atoms with E-state index in [9.17, 15) is 13.2 Å². The van der Waals surface area contributed by atoms with Gasteiger partial charge in [-0.15, -0.1) is 0 Å². The van der Waals surface area contributed by atoms with Crippen LogP contribution in [-0.2, 0) is 6.18 Å². The van der Waals surface area contributed by atoms with Crippen LogP contribution in [0.15, 0.2) is 17.1 Å². The molecule has 0 aromatic heterocycles. The minimum absolute atomic E-state index is 0.0891. The maximum absolute atomic E-state index is 12.7. The molecule has 0 spiro atoms. The summed E-state index contributed by atoms with van der Waals surface area (Å²) in [6.07, 6.45) is -2.98. The van der Waals surface area contributed by atoms with Crippen LogP contribution in [0.2, 0.25) is 0 Å². The lowest BCUT2D eigenvalue weighted by Gasteiger charge is -2.27. The van der Waals surface area contributed by atoms with Crippen LogP contribution >= 0.6 is 0 Å². The standard InChI is InChI=1S/C11H12F3N3O/c12-11(13,14)7-5-9-10(6-8(7)15)17(3-4-18)2-1-16-9/h1,5-6,18H,2-4,15H2. The van der Waals surface area contributed by atoms with Crippen LogP contribution in [0.5, 0.6) is 0 Å². The zero-order chi connectivity index (χ0) is 13.3. The van der Waals surface area contributed by atoms with E-state index in [0.717, 1.165) is 6.07 Å². The molecule has 2 rings (SSSR count). The van der Waals surface area contributed by atoms with Crippen LogP contribution in [-0.4, -0.2) is 31.0 Å². The van der Waals surface area contributed by atoms with Crippen molar-refractivity contribution in [3.8, 4) is 0 Å². The third kappa shape index (κ3) is 2.26. The number of aliphatic hydroxyl groups is 1. The van der Waals surface area contributed by atoms with Crippen LogP contribution in [0.25, 0.3) is 0 Å². The number of β-amino-alcohol motifs (C(OH)–C–C–N with tert-alkyl or cyclic N) is 1. The lowest BCUT2D eigenvalue weighted by molar-refractivity contribution is -0.136. The van der Waals surface area contributed by atoms with Crippen molar-refractivity contribution in [1.82, 2.24) is 0 Å². The summed E-state index contributed by atoms with van der Waals surface area (Å²) in [4.78, 5) is 5.66. The van der Waals surface area contributed by atoms with Gasteiger partial charge in [-0.1, -0.05) is 0 Å². The number of fused-ring (bicyclic) bond motifs is 1.